The lowest BCUT2D eigenvalue weighted by molar-refractivity contribution is 0.446. The van der Waals surface area contributed by atoms with Crippen molar-refractivity contribution in [2.45, 2.75) is 0 Å². The van der Waals surface area contributed by atoms with Crippen molar-refractivity contribution in [2.75, 3.05) is 0 Å². The van der Waals surface area contributed by atoms with Crippen LogP contribution in [0.2, 0.25) is 0 Å². The van der Waals surface area contributed by atoms with E-state index in [0.717, 1.165) is 66.4 Å². The Labute approximate surface area is 222 Å². The van der Waals surface area contributed by atoms with Crippen LogP contribution in [0.4, 0.5) is 0 Å². The molecule has 0 bridgehead atoms. The Morgan fingerprint density at radius 1 is 0.410 bits per heavy atom. The van der Waals surface area contributed by atoms with Gasteiger partial charge in [0.25, 0.3) is 0 Å². The van der Waals surface area contributed by atoms with Crippen LogP contribution in [0.3, 0.4) is 0 Å². The van der Waals surface area contributed by atoms with Crippen molar-refractivity contribution in [3.63, 3.8) is 0 Å². The Balaban J connectivity index is 1.10. The zero-order chi connectivity index (χ0) is 25.8. The van der Waals surface area contributed by atoms with Crippen LogP contribution in [0.5, 0.6) is 11.8 Å². The summed E-state index contributed by atoms with van der Waals surface area (Å²) in [5.41, 5.74) is 6.90. The van der Waals surface area contributed by atoms with E-state index in [1.807, 2.05) is 84.9 Å². The summed E-state index contributed by atoms with van der Waals surface area (Å²) in [6.07, 6.45) is 0. The summed E-state index contributed by atoms with van der Waals surface area (Å²) >= 11 is 0. The lowest BCUT2D eigenvalue weighted by Crippen LogP contribution is -1.93. The molecule has 0 N–H and O–H groups in total. The molecule has 0 saturated heterocycles. The fourth-order valence-corrected chi connectivity index (χ4v) is 5.14. The molecule has 0 aliphatic carbocycles. The van der Waals surface area contributed by atoms with Gasteiger partial charge >= 0.3 is 0 Å². The molecule has 5 heteroatoms. The molecule has 0 aliphatic heterocycles. The molecule has 5 nitrogen and oxygen atoms in total. The first-order valence-electron chi connectivity index (χ1n) is 12.7. The number of furan rings is 2. The lowest BCUT2D eigenvalue weighted by atomic mass is 10.1. The van der Waals surface area contributed by atoms with Crippen LogP contribution in [-0.4, -0.2) is 9.97 Å². The smallest absolute Gasteiger partial charge is 0.221 e. The average molecular weight is 505 g/mol. The molecule has 0 amide bonds. The largest absolute Gasteiger partial charge is 0.456 e. The Hall–Kier alpha value is -5.42. The van der Waals surface area contributed by atoms with Gasteiger partial charge in [-0.25, -0.2) is 9.97 Å². The number of hydrogen-bond acceptors (Lipinski definition) is 5. The van der Waals surface area contributed by atoms with Crippen LogP contribution >= 0.6 is 0 Å². The van der Waals surface area contributed by atoms with Crippen molar-refractivity contribution in [1.82, 2.24) is 9.97 Å². The third-order valence-electron chi connectivity index (χ3n) is 7.01. The van der Waals surface area contributed by atoms with E-state index in [-0.39, 0.29) is 0 Å². The van der Waals surface area contributed by atoms with Crippen molar-refractivity contribution in [2.24, 2.45) is 0 Å². The number of rotatable bonds is 4. The van der Waals surface area contributed by atoms with Gasteiger partial charge in [-0.3, -0.25) is 0 Å². The molecular weight excluding hydrogens is 484 g/mol. The van der Waals surface area contributed by atoms with Crippen LogP contribution < -0.4 is 4.74 Å². The SMILES string of the molecule is c1cc(Oc2cccc(-c3ccc4c(c3)oc3ccccc34)n2)nc(-c2ccc3c(c2)oc2ccccc23)c1. The van der Waals surface area contributed by atoms with E-state index in [9.17, 15) is 0 Å². The van der Waals surface area contributed by atoms with Gasteiger partial charge in [-0.15, -0.1) is 0 Å². The Morgan fingerprint density at radius 2 is 0.872 bits per heavy atom. The summed E-state index contributed by atoms with van der Waals surface area (Å²) in [4.78, 5) is 9.50. The summed E-state index contributed by atoms with van der Waals surface area (Å²) < 4.78 is 18.2. The predicted octanol–water partition coefficient (Wildman–Crippen LogP) is 9.40. The molecule has 8 rings (SSSR count). The van der Waals surface area contributed by atoms with Gasteiger partial charge in [0.2, 0.25) is 11.8 Å². The number of para-hydroxylation sites is 2. The standard InChI is InChI=1S/C34H20N2O3/c1-3-11-29-23(7-1)25-17-15-21(19-31(25)37-29)27-9-5-13-33(35-27)39-34-14-6-10-28(36-34)22-16-18-26-24-8-2-4-12-30(24)38-32(26)20-22/h1-20H. The summed E-state index contributed by atoms with van der Waals surface area (Å²) in [5, 5.41) is 4.39. The molecule has 0 unspecified atom stereocenters. The summed E-state index contributed by atoms with van der Waals surface area (Å²) in [6, 6.07) is 39.9. The van der Waals surface area contributed by atoms with Gasteiger partial charge in [-0.2, -0.15) is 0 Å². The van der Waals surface area contributed by atoms with Gasteiger partial charge in [-0.1, -0.05) is 60.7 Å². The van der Waals surface area contributed by atoms with E-state index in [2.05, 4.69) is 36.4 Å². The fourth-order valence-electron chi connectivity index (χ4n) is 5.14. The van der Waals surface area contributed by atoms with E-state index in [1.54, 1.807) is 0 Å². The molecule has 4 aromatic carbocycles. The number of aromatic nitrogens is 2. The summed E-state index contributed by atoms with van der Waals surface area (Å²) in [5.74, 6) is 0.934. The quantitative estimate of drug-likeness (QED) is 0.239. The number of ether oxygens (including phenoxy) is 1. The highest BCUT2D eigenvalue weighted by atomic mass is 16.5. The van der Waals surface area contributed by atoms with Crippen molar-refractivity contribution >= 4 is 43.9 Å². The first kappa shape index (κ1) is 21.6. The maximum Gasteiger partial charge on any atom is 0.221 e. The van der Waals surface area contributed by atoms with E-state index in [1.165, 1.54) is 0 Å². The zero-order valence-electron chi connectivity index (χ0n) is 20.7. The summed E-state index contributed by atoms with van der Waals surface area (Å²) in [7, 11) is 0. The van der Waals surface area contributed by atoms with Gasteiger partial charge in [0, 0.05) is 44.8 Å². The van der Waals surface area contributed by atoms with Crippen LogP contribution in [0.1, 0.15) is 0 Å². The van der Waals surface area contributed by atoms with E-state index < -0.39 is 0 Å². The predicted molar refractivity (Wildman–Crippen MR) is 154 cm³/mol. The van der Waals surface area contributed by atoms with Gasteiger partial charge < -0.3 is 13.6 Å². The van der Waals surface area contributed by atoms with Gasteiger partial charge in [0.05, 0.1) is 11.4 Å². The second-order valence-electron chi connectivity index (χ2n) is 9.44. The maximum atomic E-state index is 6.10. The average Bonchev–Trinajstić information content (AvgIpc) is 3.55. The van der Waals surface area contributed by atoms with E-state index in [0.29, 0.717) is 11.8 Å². The second-order valence-corrected chi connectivity index (χ2v) is 9.44. The number of hydrogen-bond donors (Lipinski definition) is 0. The highest BCUT2D eigenvalue weighted by Crippen LogP contribution is 2.34. The molecule has 4 aromatic heterocycles. The van der Waals surface area contributed by atoms with Crippen molar-refractivity contribution in [3.8, 4) is 34.3 Å². The minimum atomic E-state index is 0.467. The van der Waals surface area contributed by atoms with Crippen LogP contribution in [0.25, 0.3) is 66.4 Å². The molecule has 184 valence electrons. The molecule has 0 aliphatic rings. The minimum Gasteiger partial charge on any atom is -0.456 e. The second kappa shape index (κ2) is 8.57. The monoisotopic (exact) mass is 504 g/mol. The first-order valence-corrected chi connectivity index (χ1v) is 12.7. The highest BCUT2D eigenvalue weighted by Gasteiger charge is 2.12. The lowest BCUT2D eigenvalue weighted by Gasteiger charge is -2.08. The van der Waals surface area contributed by atoms with Crippen LogP contribution in [0.15, 0.2) is 130 Å². The Kier molecular flexibility index (Phi) is 4.76. The minimum absolute atomic E-state index is 0.467. The van der Waals surface area contributed by atoms with Gasteiger partial charge in [0.15, 0.2) is 0 Å². The number of pyridine rings is 2. The highest BCUT2D eigenvalue weighted by molar-refractivity contribution is 6.06. The third kappa shape index (κ3) is 3.71. The van der Waals surface area contributed by atoms with Gasteiger partial charge in [-0.05, 0) is 48.5 Å². The molecular formula is C34H20N2O3. The van der Waals surface area contributed by atoms with Crippen molar-refractivity contribution in [1.29, 1.82) is 0 Å². The van der Waals surface area contributed by atoms with Gasteiger partial charge in [0.1, 0.15) is 22.3 Å². The van der Waals surface area contributed by atoms with Crippen molar-refractivity contribution < 1.29 is 13.6 Å². The molecule has 0 atom stereocenters. The molecule has 4 heterocycles. The third-order valence-corrected chi connectivity index (χ3v) is 7.01. The molecule has 0 fully saturated rings. The molecule has 0 spiro atoms. The number of benzene rings is 4. The molecule has 0 saturated carbocycles. The zero-order valence-corrected chi connectivity index (χ0v) is 20.7. The van der Waals surface area contributed by atoms with E-state index >= 15 is 0 Å². The topological polar surface area (TPSA) is 61.3 Å². The van der Waals surface area contributed by atoms with E-state index in [4.69, 9.17) is 23.5 Å². The summed E-state index contributed by atoms with van der Waals surface area (Å²) in [6.45, 7) is 0. The first-order chi connectivity index (χ1) is 19.3. The van der Waals surface area contributed by atoms with Crippen molar-refractivity contribution in [3.05, 3.63) is 121 Å². The normalized spacial score (nSPS) is 11.6. The Morgan fingerprint density at radius 3 is 1.38 bits per heavy atom. The fraction of sp³-hybridized carbons (Fsp3) is 0. The molecule has 8 aromatic rings. The number of fused-ring (bicyclic) bond motifs is 6. The molecule has 39 heavy (non-hydrogen) atoms. The maximum absolute atomic E-state index is 6.10. The Bertz CT molecular complexity index is 2020. The number of nitrogens with zero attached hydrogens (tertiary/aromatic N) is 2. The molecule has 0 radical (unpaired) electrons. The van der Waals surface area contributed by atoms with Crippen LogP contribution in [0, 0.1) is 0 Å². The van der Waals surface area contributed by atoms with Crippen LogP contribution in [-0.2, 0) is 0 Å².